The van der Waals surface area contributed by atoms with Gasteiger partial charge >= 0.3 is 0 Å². The molecule has 0 bridgehead atoms. The maximum Gasteiger partial charge on any atom is 0.154 e. The molecule has 1 fully saturated rings. The zero-order valence-electron chi connectivity index (χ0n) is 15.9. The fourth-order valence-corrected chi connectivity index (χ4v) is 3.90. The molecule has 1 saturated heterocycles. The van der Waals surface area contributed by atoms with E-state index < -0.39 is 0 Å². The van der Waals surface area contributed by atoms with Gasteiger partial charge in [0.2, 0.25) is 0 Å². The lowest BCUT2D eigenvalue weighted by atomic mass is 10.0. The molecule has 3 heterocycles. The molecule has 142 valence electrons. The molecular formula is C21H25FN4O. The Morgan fingerprint density at radius 3 is 2.74 bits per heavy atom. The van der Waals surface area contributed by atoms with Gasteiger partial charge in [-0.3, -0.25) is 9.58 Å². The van der Waals surface area contributed by atoms with Crippen molar-refractivity contribution in [2.45, 2.75) is 45.2 Å². The standard InChI is InChI=1S/C21H25FN4O/c1-15-17(13-25(2)23-15)14-26-11-5-3-4-6-20(26)21-12-19(24-27-21)16-7-9-18(22)10-8-16/h7-10,12-13,20H,3-6,11,14H2,1-2H3/t20-/m0/s1. The van der Waals surface area contributed by atoms with Crippen LogP contribution in [-0.2, 0) is 13.6 Å². The number of aryl methyl sites for hydroxylation is 2. The Balaban J connectivity index is 1.59. The first-order valence-corrected chi connectivity index (χ1v) is 9.56. The number of halogens is 1. The molecule has 4 rings (SSSR count). The van der Waals surface area contributed by atoms with Crippen LogP contribution in [0.1, 0.15) is 48.7 Å². The van der Waals surface area contributed by atoms with E-state index in [9.17, 15) is 4.39 Å². The lowest BCUT2D eigenvalue weighted by Gasteiger charge is -2.27. The fraction of sp³-hybridized carbons (Fsp3) is 0.429. The number of nitrogens with zero attached hydrogens (tertiary/aromatic N) is 4. The lowest BCUT2D eigenvalue weighted by molar-refractivity contribution is 0.160. The number of hydrogen-bond donors (Lipinski definition) is 0. The van der Waals surface area contributed by atoms with Crippen molar-refractivity contribution in [1.82, 2.24) is 19.8 Å². The summed E-state index contributed by atoms with van der Waals surface area (Å²) in [6.45, 7) is 3.95. The van der Waals surface area contributed by atoms with Gasteiger partial charge in [0, 0.05) is 37.0 Å². The molecule has 0 unspecified atom stereocenters. The molecule has 5 nitrogen and oxygen atoms in total. The molecule has 27 heavy (non-hydrogen) atoms. The molecule has 0 spiro atoms. The van der Waals surface area contributed by atoms with Crippen LogP contribution in [0.5, 0.6) is 0 Å². The largest absolute Gasteiger partial charge is 0.359 e. The van der Waals surface area contributed by atoms with E-state index in [0.29, 0.717) is 0 Å². The second-order valence-electron chi connectivity index (χ2n) is 7.37. The van der Waals surface area contributed by atoms with Crippen molar-refractivity contribution < 1.29 is 8.91 Å². The summed E-state index contributed by atoms with van der Waals surface area (Å²) in [4.78, 5) is 2.48. The van der Waals surface area contributed by atoms with Crippen molar-refractivity contribution in [1.29, 1.82) is 0 Å². The minimum absolute atomic E-state index is 0.203. The smallest absolute Gasteiger partial charge is 0.154 e. The van der Waals surface area contributed by atoms with E-state index in [1.807, 2.05) is 17.8 Å². The predicted molar refractivity (Wildman–Crippen MR) is 101 cm³/mol. The molecule has 1 aliphatic heterocycles. The maximum atomic E-state index is 13.2. The van der Waals surface area contributed by atoms with Gasteiger partial charge in [-0.25, -0.2) is 4.39 Å². The summed E-state index contributed by atoms with van der Waals surface area (Å²) >= 11 is 0. The second kappa shape index (κ2) is 7.64. The van der Waals surface area contributed by atoms with E-state index in [0.717, 1.165) is 42.2 Å². The highest BCUT2D eigenvalue weighted by Gasteiger charge is 2.27. The van der Waals surface area contributed by atoms with E-state index in [1.54, 1.807) is 12.1 Å². The van der Waals surface area contributed by atoms with E-state index in [4.69, 9.17) is 4.52 Å². The molecule has 0 radical (unpaired) electrons. The Hall–Kier alpha value is -2.47. The molecular weight excluding hydrogens is 343 g/mol. The summed E-state index contributed by atoms with van der Waals surface area (Å²) in [6.07, 6.45) is 6.76. The molecule has 1 aliphatic rings. The minimum atomic E-state index is -0.246. The summed E-state index contributed by atoms with van der Waals surface area (Å²) in [6, 6.07) is 8.59. The van der Waals surface area contributed by atoms with Crippen LogP contribution in [-0.4, -0.2) is 26.4 Å². The molecule has 3 aromatic rings. The van der Waals surface area contributed by atoms with E-state index in [1.165, 1.54) is 37.0 Å². The molecule has 0 N–H and O–H groups in total. The normalized spacial score (nSPS) is 18.6. The van der Waals surface area contributed by atoms with Crippen LogP contribution < -0.4 is 0 Å². The molecule has 6 heteroatoms. The summed E-state index contributed by atoms with van der Waals surface area (Å²) in [5, 5.41) is 8.72. The van der Waals surface area contributed by atoms with Crippen LogP contribution in [0.15, 0.2) is 41.1 Å². The van der Waals surface area contributed by atoms with Gasteiger partial charge in [0.25, 0.3) is 0 Å². The van der Waals surface area contributed by atoms with Crippen LogP contribution in [0.3, 0.4) is 0 Å². The number of benzene rings is 1. The Kier molecular flexibility index (Phi) is 5.07. The molecule has 0 amide bonds. The average Bonchev–Trinajstić information content (AvgIpc) is 3.17. The first-order chi connectivity index (χ1) is 13.1. The van der Waals surface area contributed by atoms with Crippen molar-refractivity contribution in [3.05, 3.63) is 59.4 Å². The van der Waals surface area contributed by atoms with Gasteiger partial charge < -0.3 is 4.52 Å². The second-order valence-corrected chi connectivity index (χ2v) is 7.37. The molecule has 2 aromatic heterocycles. The van der Waals surface area contributed by atoms with Crippen LogP contribution in [0.2, 0.25) is 0 Å². The Morgan fingerprint density at radius 1 is 1.19 bits per heavy atom. The van der Waals surface area contributed by atoms with Crippen LogP contribution >= 0.6 is 0 Å². The van der Waals surface area contributed by atoms with Crippen molar-refractivity contribution in [2.75, 3.05) is 6.54 Å². The Labute approximate surface area is 158 Å². The van der Waals surface area contributed by atoms with Crippen molar-refractivity contribution in [3.8, 4) is 11.3 Å². The van der Waals surface area contributed by atoms with E-state index >= 15 is 0 Å². The maximum absolute atomic E-state index is 13.2. The van der Waals surface area contributed by atoms with Gasteiger partial charge in [-0.15, -0.1) is 0 Å². The molecule has 1 aromatic carbocycles. The van der Waals surface area contributed by atoms with Crippen LogP contribution in [0.4, 0.5) is 4.39 Å². The van der Waals surface area contributed by atoms with Gasteiger partial charge in [-0.1, -0.05) is 18.0 Å². The third kappa shape index (κ3) is 3.95. The zero-order chi connectivity index (χ0) is 18.8. The predicted octanol–water partition coefficient (Wildman–Crippen LogP) is 4.64. The van der Waals surface area contributed by atoms with E-state index in [-0.39, 0.29) is 11.9 Å². The van der Waals surface area contributed by atoms with Crippen molar-refractivity contribution in [3.63, 3.8) is 0 Å². The third-order valence-electron chi connectivity index (χ3n) is 5.35. The monoisotopic (exact) mass is 368 g/mol. The number of likely N-dealkylation sites (tertiary alicyclic amines) is 1. The van der Waals surface area contributed by atoms with Crippen molar-refractivity contribution >= 4 is 0 Å². The van der Waals surface area contributed by atoms with Gasteiger partial charge in [0.05, 0.1) is 11.7 Å². The van der Waals surface area contributed by atoms with Crippen molar-refractivity contribution in [2.24, 2.45) is 7.05 Å². The zero-order valence-corrected chi connectivity index (χ0v) is 15.9. The summed E-state index contributed by atoms with van der Waals surface area (Å²) in [5.41, 5.74) is 3.95. The van der Waals surface area contributed by atoms with E-state index in [2.05, 4.69) is 28.3 Å². The summed E-state index contributed by atoms with van der Waals surface area (Å²) in [5.74, 6) is 0.641. The minimum Gasteiger partial charge on any atom is -0.359 e. The van der Waals surface area contributed by atoms with Gasteiger partial charge in [0.15, 0.2) is 5.76 Å². The SMILES string of the molecule is Cc1nn(C)cc1CN1CCCCC[C@H]1c1cc(-c2ccc(F)cc2)no1. The van der Waals surface area contributed by atoms with Gasteiger partial charge in [-0.05, 0) is 50.6 Å². The number of rotatable bonds is 4. The number of hydrogen-bond acceptors (Lipinski definition) is 4. The van der Waals surface area contributed by atoms with Crippen LogP contribution in [0.25, 0.3) is 11.3 Å². The Morgan fingerprint density at radius 2 is 2.00 bits per heavy atom. The molecule has 0 saturated carbocycles. The van der Waals surface area contributed by atoms with Crippen LogP contribution in [0, 0.1) is 12.7 Å². The number of aromatic nitrogens is 3. The highest BCUT2D eigenvalue weighted by molar-refractivity contribution is 5.58. The highest BCUT2D eigenvalue weighted by Crippen LogP contribution is 2.33. The lowest BCUT2D eigenvalue weighted by Crippen LogP contribution is -2.28. The summed E-state index contributed by atoms with van der Waals surface area (Å²) in [7, 11) is 1.96. The molecule has 1 atom stereocenters. The summed E-state index contributed by atoms with van der Waals surface area (Å²) < 4.78 is 20.8. The fourth-order valence-electron chi connectivity index (χ4n) is 3.90. The average molecular weight is 368 g/mol. The quantitative estimate of drug-likeness (QED) is 0.673. The first-order valence-electron chi connectivity index (χ1n) is 9.56. The van der Waals surface area contributed by atoms with Gasteiger partial charge in [0.1, 0.15) is 11.5 Å². The third-order valence-corrected chi connectivity index (χ3v) is 5.35. The topological polar surface area (TPSA) is 47.1 Å². The molecule has 0 aliphatic carbocycles. The Bertz CT molecular complexity index is 899. The van der Waals surface area contributed by atoms with Gasteiger partial charge in [-0.2, -0.15) is 5.10 Å². The highest BCUT2D eigenvalue weighted by atomic mass is 19.1. The first kappa shape index (κ1) is 17.9.